The third-order valence-electron chi connectivity index (χ3n) is 15.6. The van der Waals surface area contributed by atoms with E-state index in [0.29, 0.717) is 33.6 Å². The number of nitrogens with zero attached hydrogens (tertiary/aromatic N) is 7. The van der Waals surface area contributed by atoms with Gasteiger partial charge in [0.15, 0.2) is 0 Å². The second-order valence-electron chi connectivity index (χ2n) is 23.6. The number of pyridine rings is 1. The van der Waals surface area contributed by atoms with Crippen LogP contribution >= 0.6 is 57.1 Å². The number of amides is 9. The molecule has 36 heteroatoms. The summed E-state index contributed by atoms with van der Waals surface area (Å²) in [5.41, 5.74) is 3.34. The van der Waals surface area contributed by atoms with Crippen molar-refractivity contribution in [1.82, 2.24) is 78.1 Å². The van der Waals surface area contributed by atoms with Gasteiger partial charge in [-0.15, -0.1) is 57.1 Å². The van der Waals surface area contributed by atoms with Gasteiger partial charge in [-0.25, -0.2) is 29.7 Å². The fourth-order valence-electron chi connectivity index (χ4n) is 10.2. The van der Waals surface area contributed by atoms with Crippen molar-refractivity contribution in [3.63, 3.8) is 0 Å². The summed E-state index contributed by atoms with van der Waals surface area (Å²) in [5.74, 6) is -8.42. The number of thioether (sulfide) groups is 1. The summed E-state index contributed by atoms with van der Waals surface area (Å²) < 4.78 is 6.16. The minimum Gasteiger partial charge on any atom is -0.455 e. The Kier molecular flexibility index (Phi) is 25.0. The number of rotatable bonds is 15. The number of nitrogens with two attached hydrogens (primary N) is 1. The van der Waals surface area contributed by atoms with Crippen LogP contribution in [0, 0.1) is 12.8 Å². The van der Waals surface area contributed by atoms with Crippen molar-refractivity contribution in [3.05, 3.63) is 142 Å². The van der Waals surface area contributed by atoms with E-state index in [1.807, 2.05) is 0 Å². The average Bonchev–Trinajstić information content (AvgIpc) is 1.70. The van der Waals surface area contributed by atoms with Crippen LogP contribution < -0.4 is 58.9 Å². The Balaban J connectivity index is 1.29. The molecule has 8 rings (SSSR count). The monoisotopic (exact) mass is 1450 g/mol. The number of aliphatic hydroxyl groups is 2. The van der Waals surface area contributed by atoms with Gasteiger partial charge in [-0.1, -0.05) is 39.7 Å². The number of ether oxygens (including phenoxy) is 1. The van der Waals surface area contributed by atoms with Crippen LogP contribution in [0.2, 0.25) is 0 Å². The van der Waals surface area contributed by atoms with Crippen molar-refractivity contribution in [2.24, 2.45) is 21.6 Å². The minimum absolute atomic E-state index is 0.000526. The van der Waals surface area contributed by atoms with Crippen molar-refractivity contribution in [3.8, 4) is 0 Å². The Hall–Kier alpha value is -9.14. The van der Waals surface area contributed by atoms with Crippen LogP contribution in [0.1, 0.15) is 171 Å². The largest absolute Gasteiger partial charge is 0.455 e. The van der Waals surface area contributed by atoms with Crippen molar-refractivity contribution < 1.29 is 62.9 Å². The van der Waals surface area contributed by atoms with Gasteiger partial charge in [-0.3, -0.25) is 53.1 Å². The number of thiazole rings is 4. The molecule has 0 aromatic carbocycles. The van der Waals surface area contributed by atoms with Gasteiger partial charge in [0.25, 0.3) is 35.4 Å². The van der Waals surface area contributed by atoms with Crippen LogP contribution in [0.25, 0.3) is 0 Å². The van der Waals surface area contributed by atoms with E-state index in [4.69, 9.17) is 25.4 Å². The van der Waals surface area contributed by atoms with Crippen molar-refractivity contribution in [1.29, 1.82) is 0 Å². The summed E-state index contributed by atoms with van der Waals surface area (Å²) in [6.45, 7) is 25.7. The molecule has 0 fully saturated rings. The normalized spacial score (nSPS) is 23.2. The Morgan fingerprint density at radius 3 is 2.17 bits per heavy atom. The SMILES string of the molecule is C=C(NC(=O)c1csc(C2=N[C@@H]3c4csc(n4)[C@@H](NC(=O)c4csc([C@@H](C)N)n4)[C@@H](C)OC(=O)c4cc(C)cc(n4)C(O)[C@H](C)N[C@H](C(C)C)C(=O)NC(=C)C(=O)NC(=C)C(=O)N[C@H](C)C(=O)N[C@]3(c3nc(C(=O)N[C@H](C(=O)NC(=CC)C4=NCCS4)[C@@H](C)O)cs3)CC2)n1)C(=O)NC. The Labute approximate surface area is 588 Å². The molecule has 8 heterocycles. The maximum absolute atomic E-state index is 15.2. The lowest BCUT2D eigenvalue weighted by molar-refractivity contribution is -0.129. The van der Waals surface area contributed by atoms with Gasteiger partial charge in [0.1, 0.15) is 89.8 Å². The van der Waals surface area contributed by atoms with Gasteiger partial charge < -0.3 is 73.9 Å². The van der Waals surface area contributed by atoms with E-state index in [9.17, 15) is 53.4 Å². The molecule has 14 N–H and O–H groups in total. The molecule has 5 aromatic heterocycles. The fraction of sp³-hybridized carbons (Fsp3) is 0.413. The van der Waals surface area contributed by atoms with Crippen LogP contribution in [0.15, 0.2) is 92.2 Å². The van der Waals surface area contributed by atoms with Crippen LogP contribution in [-0.2, 0) is 39.0 Å². The molecule has 3 aliphatic heterocycles. The summed E-state index contributed by atoms with van der Waals surface area (Å²) in [6, 6.07) is -5.42. The van der Waals surface area contributed by atoms with E-state index in [-0.39, 0.29) is 73.4 Å². The molecular formula is C63H76N18O13S5. The summed E-state index contributed by atoms with van der Waals surface area (Å²) in [5, 5.41) is 56.3. The number of aliphatic hydroxyl groups excluding tert-OH is 2. The molecule has 5 aromatic rings. The molecule has 0 radical (unpaired) electrons. The van der Waals surface area contributed by atoms with Gasteiger partial charge in [0.05, 0.1) is 58.1 Å². The van der Waals surface area contributed by atoms with E-state index >= 15 is 4.79 Å². The molecule has 1 unspecified atom stereocenters. The molecule has 3 aliphatic rings. The quantitative estimate of drug-likeness (QED) is 0.0529. The molecule has 99 heavy (non-hydrogen) atoms. The Morgan fingerprint density at radius 2 is 1.52 bits per heavy atom. The number of esters is 1. The number of aromatic nitrogens is 5. The highest BCUT2D eigenvalue weighted by Crippen LogP contribution is 2.47. The van der Waals surface area contributed by atoms with Crippen LogP contribution in [0.3, 0.4) is 0 Å². The maximum Gasteiger partial charge on any atom is 0.357 e. The number of aryl methyl sites for hydroxylation is 1. The first-order chi connectivity index (χ1) is 46.8. The first kappa shape index (κ1) is 75.6. The zero-order chi connectivity index (χ0) is 72.5. The highest BCUT2D eigenvalue weighted by Gasteiger charge is 2.51. The van der Waals surface area contributed by atoms with Gasteiger partial charge in [-0.2, -0.15) is 0 Å². The predicted octanol–water partition coefficient (Wildman–Crippen LogP) is 2.74. The van der Waals surface area contributed by atoms with Gasteiger partial charge >= 0.3 is 5.97 Å². The topological polar surface area (TPSA) is 456 Å². The third kappa shape index (κ3) is 18.0. The predicted molar refractivity (Wildman–Crippen MR) is 372 cm³/mol. The molecule has 4 bridgehead atoms. The van der Waals surface area contributed by atoms with Gasteiger partial charge in [-0.05, 0) is 84.9 Å². The molecule has 0 saturated heterocycles. The second-order valence-corrected chi connectivity index (χ2v) is 28.2. The lowest BCUT2D eigenvalue weighted by Crippen LogP contribution is -2.57. The number of carbonyl (C=O) groups excluding carboxylic acids is 10. The van der Waals surface area contributed by atoms with E-state index in [0.717, 1.165) is 45.3 Å². The van der Waals surface area contributed by atoms with E-state index < -0.39 is 143 Å². The average molecular weight is 1450 g/mol. The number of carbonyl (C=O) groups is 10. The molecule has 526 valence electrons. The molecule has 9 amide bonds. The van der Waals surface area contributed by atoms with Crippen LogP contribution in [0.4, 0.5) is 0 Å². The standard InChI is InChI=1S/C63H76N18O13S5/c1-14-35(58-66-17-18-95-58)74-56(92)44(33(11)82)79-54(90)42-24-99-62(78-42)63-16-15-36(59-77-40(23-97-59)52(88)70-29(7)48(84)65-13)73-47(63)39-21-98-60(75-39)45(80-53(89)41-22-96-57(76-41)27(5)64)34(12)94-61(93)38-20-26(4)19-37(72-38)46(83)28(6)67-43(25(2)3)55(91)71-31(9)50(86)68-30(8)49(85)69-32(10)51(87)81-63/h14,19-25,27-28,32-34,43-47,67,82-83H,7-9,15-18,64H2,1-6,10-13H3,(H,65,84)(H,68,86)(H,69,85)(H,70,88)(H,71,91)(H,74,92)(H,79,90)(H,80,89)(H,81,87)/t27-,28+,32-,33-,34-,43-,44+,45+,46?,47-,63-/m1/s1. The molecule has 0 spiro atoms. The molecule has 11 atom stereocenters. The minimum atomic E-state index is -1.92. The second kappa shape index (κ2) is 32.7. The van der Waals surface area contributed by atoms with Gasteiger partial charge in [0.2, 0.25) is 17.7 Å². The van der Waals surface area contributed by atoms with Crippen LogP contribution in [0.5, 0.6) is 0 Å². The first-order valence-electron chi connectivity index (χ1n) is 30.9. The number of nitrogens with one attached hydrogen (secondary N) is 10. The van der Waals surface area contributed by atoms with E-state index in [2.05, 4.69) is 92.8 Å². The summed E-state index contributed by atoms with van der Waals surface area (Å²) in [7, 11) is 1.36. The number of likely N-dealkylation sites (N-methyl/N-ethyl adjacent to an activating group) is 1. The summed E-state index contributed by atoms with van der Waals surface area (Å²) in [6.07, 6.45) is -2.83. The molecule has 31 nitrogen and oxygen atoms in total. The first-order valence-corrected chi connectivity index (χ1v) is 35.4. The van der Waals surface area contributed by atoms with Crippen molar-refractivity contribution in [2.75, 3.05) is 19.3 Å². The lowest BCUT2D eigenvalue weighted by Gasteiger charge is -2.41. The zero-order valence-corrected chi connectivity index (χ0v) is 59.6. The Bertz CT molecular complexity index is 4130. The number of hydrogen-bond donors (Lipinski definition) is 13. The van der Waals surface area contributed by atoms with Gasteiger partial charge in [0, 0.05) is 46.9 Å². The van der Waals surface area contributed by atoms with Crippen molar-refractivity contribution in [2.45, 2.75) is 141 Å². The maximum atomic E-state index is 15.2. The number of aliphatic imine (C=N–C) groups is 2. The Morgan fingerprint density at radius 1 is 0.828 bits per heavy atom. The zero-order valence-electron chi connectivity index (χ0n) is 55.5. The summed E-state index contributed by atoms with van der Waals surface area (Å²) in [4.78, 5) is 173. The molecular weight excluding hydrogens is 1380 g/mol. The number of fused-ring (bicyclic) bond motifs is 6. The summed E-state index contributed by atoms with van der Waals surface area (Å²) >= 11 is 5.42. The third-order valence-corrected chi connectivity index (χ3v) is 20.5. The smallest absolute Gasteiger partial charge is 0.357 e. The number of hydrogen-bond acceptors (Lipinski definition) is 27. The van der Waals surface area contributed by atoms with E-state index in [1.165, 1.54) is 67.9 Å². The number of cyclic esters (lactones) is 1. The molecule has 0 saturated carbocycles. The fourth-order valence-corrected chi connectivity index (χ4v) is 14.6. The highest BCUT2D eigenvalue weighted by atomic mass is 32.2. The lowest BCUT2D eigenvalue weighted by atomic mass is 9.80. The number of allylic oxidation sites excluding steroid dienone is 1. The molecule has 0 aliphatic carbocycles. The highest BCUT2D eigenvalue weighted by molar-refractivity contribution is 8.14. The van der Waals surface area contributed by atoms with E-state index in [1.54, 1.807) is 53.0 Å². The van der Waals surface area contributed by atoms with Crippen LogP contribution in [-0.4, -0.2) is 161 Å². The van der Waals surface area contributed by atoms with Crippen molar-refractivity contribution >= 4 is 127 Å².